The van der Waals surface area contributed by atoms with Gasteiger partial charge in [-0.2, -0.15) is 13.2 Å². The number of hydrogen-bond donors (Lipinski definition) is 1. The molecular weight excluding hydrogens is 483 g/mol. The maximum atomic E-state index is 13.9. The molecule has 0 aromatic carbocycles. The molecule has 5 heterocycles. The second-order valence-corrected chi connectivity index (χ2v) is 10.5. The van der Waals surface area contributed by atoms with Crippen LogP contribution in [0.1, 0.15) is 80.8 Å². The van der Waals surface area contributed by atoms with E-state index in [0.29, 0.717) is 13.1 Å². The topological polar surface area (TPSA) is 79.2 Å². The van der Waals surface area contributed by atoms with Crippen LogP contribution in [0.4, 0.5) is 24.8 Å². The molecule has 1 amide bonds. The standard InChI is InChI=1S/C26H36F3N7O/c1-2-3-6-19-16-36(14-13-34-9-4-5-10-34)24(32-19)18-7-11-35(12-8-18)25-22-20(26(27,28)29)15-21(37)33-23(22)30-17-31-25/h16-18,20H,2-15H2,1H3,(H,30,31,33,37). The number of fused-ring (bicyclic) bond motifs is 1. The Labute approximate surface area is 215 Å². The van der Waals surface area contributed by atoms with E-state index in [1.165, 1.54) is 19.2 Å². The number of aromatic nitrogens is 4. The fraction of sp³-hybridized carbons (Fsp3) is 0.692. The Morgan fingerprint density at radius 3 is 2.54 bits per heavy atom. The Morgan fingerprint density at radius 2 is 1.84 bits per heavy atom. The Balaban J connectivity index is 1.32. The number of anilines is 2. The van der Waals surface area contributed by atoms with Crippen molar-refractivity contribution in [2.45, 2.75) is 82.8 Å². The molecule has 3 aliphatic rings. The van der Waals surface area contributed by atoms with E-state index in [2.05, 4.69) is 37.9 Å². The van der Waals surface area contributed by atoms with Crippen LogP contribution in [0, 0.1) is 0 Å². The number of carbonyl (C=O) groups excluding carboxylic acids is 1. The monoisotopic (exact) mass is 519 g/mol. The van der Waals surface area contributed by atoms with Crippen molar-refractivity contribution in [1.82, 2.24) is 24.4 Å². The van der Waals surface area contributed by atoms with Crippen LogP contribution in [0.5, 0.6) is 0 Å². The molecule has 37 heavy (non-hydrogen) atoms. The molecule has 0 aliphatic carbocycles. The van der Waals surface area contributed by atoms with E-state index in [9.17, 15) is 18.0 Å². The molecule has 2 aromatic heterocycles. The minimum Gasteiger partial charge on any atom is -0.356 e. The Kier molecular flexibility index (Phi) is 7.69. The molecule has 1 N–H and O–H groups in total. The Morgan fingerprint density at radius 1 is 1.08 bits per heavy atom. The maximum Gasteiger partial charge on any atom is 0.396 e. The third-order valence-corrected chi connectivity index (χ3v) is 7.91. The van der Waals surface area contributed by atoms with Crippen molar-refractivity contribution in [1.29, 1.82) is 0 Å². The summed E-state index contributed by atoms with van der Waals surface area (Å²) < 4.78 is 44.0. The summed E-state index contributed by atoms with van der Waals surface area (Å²) >= 11 is 0. The SMILES string of the molecule is CCCCc1cn(CCN2CCCC2)c(C2CCN(c3ncnc4c3C(C(F)(F)F)CC(=O)N4)CC2)n1. The first-order valence-electron chi connectivity index (χ1n) is 13.6. The van der Waals surface area contributed by atoms with Gasteiger partial charge in [0.25, 0.3) is 0 Å². The minimum atomic E-state index is -4.54. The molecule has 2 saturated heterocycles. The molecule has 1 unspecified atom stereocenters. The number of imidazole rings is 1. The van der Waals surface area contributed by atoms with E-state index < -0.39 is 24.4 Å². The summed E-state index contributed by atoms with van der Waals surface area (Å²) in [6, 6.07) is 0. The number of unbranched alkanes of at least 4 members (excludes halogenated alkanes) is 1. The molecule has 0 saturated carbocycles. The van der Waals surface area contributed by atoms with Crippen molar-refractivity contribution in [3.8, 4) is 0 Å². The average molecular weight is 520 g/mol. The quantitative estimate of drug-likeness (QED) is 0.554. The van der Waals surface area contributed by atoms with E-state index in [0.717, 1.165) is 69.8 Å². The van der Waals surface area contributed by atoms with E-state index in [4.69, 9.17) is 4.98 Å². The molecule has 0 radical (unpaired) electrons. The molecule has 0 spiro atoms. The van der Waals surface area contributed by atoms with Crippen molar-refractivity contribution in [3.63, 3.8) is 0 Å². The second kappa shape index (κ2) is 11.0. The van der Waals surface area contributed by atoms with Gasteiger partial charge in [0.15, 0.2) is 0 Å². The highest BCUT2D eigenvalue weighted by molar-refractivity contribution is 5.94. The first-order valence-corrected chi connectivity index (χ1v) is 13.6. The van der Waals surface area contributed by atoms with Crippen molar-refractivity contribution in [2.75, 3.05) is 42.9 Å². The highest BCUT2D eigenvalue weighted by atomic mass is 19.4. The number of likely N-dealkylation sites (tertiary alicyclic amines) is 1. The zero-order valence-corrected chi connectivity index (χ0v) is 21.4. The molecule has 8 nitrogen and oxygen atoms in total. The van der Waals surface area contributed by atoms with Crippen LogP contribution in [-0.2, 0) is 17.8 Å². The van der Waals surface area contributed by atoms with E-state index >= 15 is 0 Å². The smallest absolute Gasteiger partial charge is 0.356 e. The second-order valence-electron chi connectivity index (χ2n) is 10.5. The van der Waals surface area contributed by atoms with Gasteiger partial charge < -0.3 is 19.7 Å². The number of hydrogen-bond acceptors (Lipinski definition) is 6. The largest absolute Gasteiger partial charge is 0.396 e. The third-order valence-electron chi connectivity index (χ3n) is 7.91. The van der Waals surface area contributed by atoms with Gasteiger partial charge in [0.05, 0.1) is 17.2 Å². The average Bonchev–Trinajstić information content (AvgIpc) is 3.55. The molecule has 1 atom stereocenters. The van der Waals surface area contributed by atoms with Gasteiger partial charge in [-0.25, -0.2) is 15.0 Å². The number of nitrogens with zero attached hydrogens (tertiary/aromatic N) is 6. The lowest BCUT2D eigenvalue weighted by molar-refractivity contribution is -0.156. The summed E-state index contributed by atoms with van der Waals surface area (Å²) in [5.74, 6) is -0.944. The van der Waals surface area contributed by atoms with Crippen LogP contribution in [0.15, 0.2) is 12.5 Å². The van der Waals surface area contributed by atoms with Gasteiger partial charge in [0, 0.05) is 44.7 Å². The van der Waals surface area contributed by atoms with E-state index in [-0.39, 0.29) is 23.1 Å². The molecule has 3 aliphatic heterocycles. The van der Waals surface area contributed by atoms with Crippen molar-refractivity contribution in [3.05, 3.63) is 29.6 Å². The van der Waals surface area contributed by atoms with Crippen LogP contribution < -0.4 is 10.2 Å². The molecular formula is C26H36F3N7O. The number of alkyl halides is 3. The van der Waals surface area contributed by atoms with Crippen LogP contribution in [-0.4, -0.2) is 69.2 Å². The zero-order valence-electron chi connectivity index (χ0n) is 21.4. The fourth-order valence-electron chi connectivity index (χ4n) is 5.88. The van der Waals surface area contributed by atoms with E-state index in [1.807, 2.05) is 4.90 Å². The lowest BCUT2D eigenvalue weighted by Crippen LogP contribution is -2.38. The first-order chi connectivity index (χ1) is 17.8. The summed E-state index contributed by atoms with van der Waals surface area (Å²) in [6.07, 6.45) is 5.58. The Bertz CT molecular complexity index is 1090. The highest BCUT2D eigenvalue weighted by Gasteiger charge is 2.48. The lowest BCUT2D eigenvalue weighted by atomic mass is 9.90. The van der Waals surface area contributed by atoms with Crippen LogP contribution >= 0.6 is 0 Å². The van der Waals surface area contributed by atoms with Crippen molar-refractivity contribution < 1.29 is 18.0 Å². The van der Waals surface area contributed by atoms with Crippen LogP contribution in [0.2, 0.25) is 0 Å². The summed E-state index contributed by atoms with van der Waals surface area (Å²) in [6.45, 7) is 7.60. The molecule has 11 heteroatoms. The number of nitrogens with one attached hydrogen (secondary N) is 1. The van der Waals surface area contributed by atoms with E-state index in [1.54, 1.807) is 0 Å². The molecule has 0 bridgehead atoms. The van der Waals surface area contributed by atoms with Crippen molar-refractivity contribution in [2.24, 2.45) is 0 Å². The fourth-order valence-corrected chi connectivity index (χ4v) is 5.88. The number of piperidine rings is 1. The van der Waals surface area contributed by atoms with Crippen LogP contribution in [0.3, 0.4) is 0 Å². The molecule has 2 fully saturated rings. The zero-order chi connectivity index (χ0) is 26.0. The summed E-state index contributed by atoms with van der Waals surface area (Å²) in [5, 5.41) is 2.51. The first kappa shape index (κ1) is 25.9. The number of halogens is 3. The summed E-state index contributed by atoms with van der Waals surface area (Å²) in [7, 11) is 0. The normalized spacial score (nSPS) is 21.4. The van der Waals surface area contributed by atoms with Gasteiger partial charge in [-0.15, -0.1) is 0 Å². The minimum absolute atomic E-state index is 0.0120. The number of rotatable bonds is 8. The molecule has 202 valence electrons. The summed E-state index contributed by atoms with van der Waals surface area (Å²) in [4.78, 5) is 29.6. The van der Waals surface area contributed by atoms with Crippen LogP contribution in [0.25, 0.3) is 0 Å². The molecule has 2 aromatic rings. The van der Waals surface area contributed by atoms with Gasteiger partial charge in [0.1, 0.15) is 23.8 Å². The van der Waals surface area contributed by atoms with Gasteiger partial charge in [-0.05, 0) is 51.6 Å². The summed E-state index contributed by atoms with van der Waals surface area (Å²) in [5.41, 5.74) is 1.12. The molecule has 5 rings (SSSR count). The third kappa shape index (κ3) is 5.76. The van der Waals surface area contributed by atoms with Gasteiger partial charge in [0.2, 0.25) is 5.91 Å². The highest BCUT2D eigenvalue weighted by Crippen LogP contribution is 2.46. The predicted molar refractivity (Wildman–Crippen MR) is 135 cm³/mol. The predicted octanol–water partition coefficient (Wildman–Crippen LogP) is 4.48. The Hall–Kier alpha value is -2.69. The van der Waals surface area contributed by atoms with Gasteiger partial charge >= 0.3 is 6.18 Å². The van der Waals surface area contributed by atoms with Gasteiger partial charge in [-0.1, -0.05) is 13.3 Å². The lowest BCUT2D eigenvalue weighted by Gasteiger charge is -2.36. The number of carbonyl (C=O) groups is 1. The number of amides is 1. The number of aryl methyl sites for hydroxylation is 1. The maximum absolute atomic E-state index is 13.9. The van der Waals surface area contributed by atoms with Crippen molar-refractivity contribution >= 4 is 17.5 Å². The van der Waals surface area contributed by atoms with Gasteiger partial charge in [-0.3, -0.25) is 4.79 Å².